The fourth-order valence-electron chi connectivity index (χ4n) is 4.22. The number of benzene rings is 1. The van der Waals surface area contributed by atoms with Gasteiger partial charge in [0.05, 0.1) is 4.91 Å². The van der Waals surface area contributed by atoms with E-state index in [1.54, 1.807) is 25.1 Å². The van der Waals surface area contributed by atoms with E-state index >= 15 is 0 Å². The quantitative estimate of drug-likeness (QED) is 0.186. The molecule has 0 saturated carbocycles. The molecule has 2 heterocycles. The van der Waals surface area contributed by atoms with E-state index in [9.17, 15) is 24.0 Å². The number of amides is 1. The first-order chi connectivity index (χ1) is 18.7. The third-order valence-corrected chi connectivity index (χ3v) is 7.78. The highest BCUT2D eigenvalue weighted by Crippen LogP contribution is 2.35. The topological polar surface area (TPSA) is 115 Å². The van der Waals surface area contributed by atoms with Gasteiger partial charge in [-0.15, -0.1) is 0 Å². The number of hydrogen-bond acceptors (Lipinski definition) is 7. The van der Waals surface area contributed by atoms with Gasteiger partial charge in [0.1, 0.15) is 27.6 Å². The number of carboxylic acid groups (broad SMARTS) is 1. The molecular weight excluding hydrogens is 539 g/mol. The van der Waals surface area contributed by atoms with Crippen LogP contribution in [0, 0.1) is 24.1 Å². The number of aromatic nitrogens is 1. The van der Waals surface area contributed by atoms with Crippen LogP contribution in [0.5, 0.6) is 0 Å². The summed E-state index contributed by atoms with van der Waals surface area (Å²) < 4.78 is 15.3. The van der Waals surface area contributed by atoms with Crippen molar-refractivity contribution in [3.05, 3.63) is 67.6 Å². The lowest BCUT2D eigenvalue weighted by Crippen LogP contribution is -2.29. The number of hydrogen-bond donors (Lipinski definition) is 2. The molecule has 0 radical (unpaired) electrons. The summed E-state index contributed by atoms with van der Waals surface area (Å²) in [4.78, 5) is 39.1. The standard InChI is InChI=1S/C28H31FN4O4S2/c1-3-4-13-32-25(31-17-19-9-11-20(29)12-10-19)21(18(2)22(16-30)26(32)36)15-23-27(37)33(28(38)39-23)14-7-5-6-8-24(34)35/h9-12,15,31H,3-8,13-14,17H2,1-2H3,(H,34,35)/b23-15+. The molecule has 1 aromatic heterocycles. The Bertz CT molecular complexity index is 1380. The number of carboxylic acids is 1. The molecule has 2 aromatic rings. The van der Waals surface area contributed by atoms with Gasteiger partial charge in [0.15, 0.2) is 0 Å². The van der Waals surface area contributed by atoms with Crippen LogP contribution in [-0.2, 0) is 22.7 Å². The highest BCUT2D eigenvalue weighted by atomic mass is 32.2. The first-order valence-electron chi connectivity index (χ1n) is 12.8. The highest BCUT2D eigenvalue weighted by Gasteiger charge is 2.32. The van der Waals surface area contributed by atoms with Crippen molar-refractivity contribution in [2.75, 3.05) is 11.9 Å². The lowest BCUT2D eigenvalue weighted by Gasteiger charge is -2.20. The fraction of sp³-hybridized carbons (Fsp3) is 0.393. The minimum absolute atomic E-state index is 0.0126. The van der Waals surface area contributed by atoms with E-state index in [4.69, 9.17) is 17.3 Å². The van der Waals surface area contributed by atoms with E-state index in [1.807, 2.05) is 13.0 Å². The number of thioether (sulfide) groups is 1. The average molecular weight is 571 g/mol. The Morgan fingerprint density at radius 2 is 1.90 bits per heavy atom. The van der Waals surface area contributed by atoms with Crippen molar-refractivity contribution in [2.24, 2.45) is 0 Å². The smallest absolute Gasteiger partial charge is 0.303 e. The number of pyridine rings is 1. The summed E-state index contributed by atoms with van der Waals surface area (Å²) in [7, 11) is 0. The van der Waals surface area contributed by atoms with E-state index in [2.05, 4.69) is 5.32 Å². The van der Waals surface area contributed by atoms with Crippen molar-refractivity contribution < 1.29 is 19.1 Å². The SMILES string of the molecule is CCCCn1c(NCc2ccc(F)cc2)c(/C=C2/SC(=S)N(CCCCCC(=O)O)C2=O)c(C)c(C#N)c1=O. The molecule has 0 unspecified atom stereocenters. The minimum atomic E-state index is -0.847. The van der Waals surface area contributed by atoms with Crippen molar-refractivity contribution in [1.82, 2.24) is 9.47 Å². The third kappa shape index (κ3) is 7.55. The normalized spacial score (nSPS) is 14.2. The Morgan fingerprint density at radius 3 is 2.54 bits per heavy atom. The van der Waals surface area contributed by atoms with Crippen LogP contribution in [0.25, 0.3) is 6.08 Å². The number of carbonyl (C=O) groups excluding carboxylic acids is 1. The van der Waals surface area contributed by atoms with Gasteiger partial charge in [0, 0.05) is 31.6 Å². The van der Waals surface area contributed by atoms with Crippen LogP contribution in [0.15, 0.2) is 34.0 Å². The van der Waals surface area contributed by atoms with Gasteiger partial charge < -0.3 is 10.4 Å². The van der Waals surface area contributed by atoms with Gasteiger partial charge in [-0.25, -0.2) is 4.39 Å². The van der Waals surface area contributed by atoms with Crippen LogP contribution in [0.4, 0.5) is 10.2 Å². The van der Waals surface area contributed by atoms with Gasteiger partial charge >= 0.3 is 5.97 Å². The molecule has 1 saturated heterocycles. The summed E-state index contributed by atoms with van der Waals surface area (Å²) in [5.41, 5.74) is 1.41. The van der Waals surface area contributed by atoms with E-state index in [1.165, 1.54) is 21.6 Å². The number of aliphatic carboxylic acids is 1. The lowest BCUT2D eigenvalue weighted by atomic mass is 10.0. The van der Waals surface area contributed by atoms with E-state index in [-0.39, 0.29) is 23.7 Å². The number of halogens is 1. The summed E-state index contributed by atoms with van der Waals surface area (Å²) in [5.74, 6) is -0.984. The molecule has 1 aromatic carbocycles. The van der Waals surface area contributed by atoms with Crippen molar-refractivity contribution >= 4 is 52.1 Å². The van der Waals surface area contributed by atoms with Crippen molar-refractivity contribution in [2.45, 2.75) is 65.5 Å². The predicted octanol–water partition coefficient (Wildman–Crippen LogP) is 5.43. The van der Waals surface area contributed by atoms with E-state index in [0.29, 0.717) is 71.5 Å². The number of carbonyl (C=O) groups is 2. The Kier molecular flexibility index (Phi) is 10.8. The second-order valence-electron chi connectivity index (χ2n) is 9.20. The monoisotopic (exact) mass is 570 g/mol. The maximum atomic E-state index is 13.4. The molecule has 39 heavy (non-hydrogen) atoms. The first-order valence-corrected chi connectivity index (χ1v) is 14.0. The summed E-state index contributed by atoms with van der Waals surface area (Å²) in [6, 6.07) is 8.04. The number of nitriles is 1. The molecule has 8 nitrogen and oxygen atoms in total. The van der Waals surface area contributed by atoms with Gasteiger partial charge in [0.2, 0.25) is 0 Å². The number of rotatable bonds is 13. The molecule has 0 atom stereocenters. The number of thiocarbonyl (C=S) groups is 1. The van der Waals surface area contributed by atoms with Gasteiger partial charge in [-0.1, -0.05) is 55.9 Å². The molecule has 0 spiro atoms. The molecule has 0 aliphatic carbocycles. The second-order valence-corrected chi connectivity index (χ2v) is 10.9. The molecule has 206 valence electrons. The summed E-state index contributed by atoms with van der Waals surface area (Å²) in [6.07, 6.45) is 5.11. The molecule has 1 aliphatic rings. The third-order valence-electron chi connectivity index (χ3n) is 6.40. The largest absolute Gasteiger partial charge is 0.481 e. The molecule has 1 fully saturated rings. The van der Waals surface area contributed by atoms with Crippen molar-refractivity contribution in [3.8, 4) is 6.07 Å². The minimum Gasteiger partial charge on any atom is -0.481 e. The number of anilines is 1. The average Bonchev–Trinajstić information content (AvgIpc) is 3.17. The van der Waals surface area contributed by atoms with E-state index < -0.39 is 11.5 Å². The maximum Gasteiger partial charge on any atom is 0.303 e. The number of nitrogens with zero attached hydrogens (tertiary/aromatic N) is 3. The first kappa shape index (κ1) is 30.1. The maximum absolute atomic E-state index is 13.4. The van der Waals surface area contributed by atoms with Gasteiger partial charge in [-0.3, -0.25) is 23.9 Å². The summed E-state index contributed by atoms with van der Waals surface area (Å²) in [5, 5.41) is 21.9. The molecule has 1 aliphatic heterocycles. The van der Waals surface area contributed by atoms with E-state index in [0.717, 1.165) is 23.7 Å². The van der Waals surface area contributed by atoms with Crippen LogP contribution in [0.2, 0.25) is 0 Å². The van der Waals surface area contributed by atoms with Crippen molar-refractivity contribution in [3.63, 3.8) is 0 Å². The molecule has 2 N–H and O–H groups in total. The van der Waals surface area contributed by atoms with Crippen LogP contribution in [0.3, 0.4) is 0 Å². The second kappa shape index (κ2) is 14.1. The molecule has 0 bridgehead atoms. The van der Waals surface area contributed by atoms with Crippen LogP contribution >= 0.6 is 24.0 Å². The zero-order valence-electron chi connectivity index (χ0n) is 22.0. The number of unbranched alkanes of at least 4 members (excludes halogenated alkanes) is 3. The van der Waals surface area contributed by atoms with Crippen LogP contribution in [0.1, 0.15) is 67.7 Å². The fourth-order valence-corrected chi connectivity index (χ4v) is 5.51. The predicted molar refractivity (Wildman–Crippen MR) is 155 cm³/mol. The molecule has 11 heteroatoms. The Balaban J connectivity index is 1.98. The highest BCUT2D eigenvalue weighted by molar-refractivity contribution is 8.26. The van der Waals surface area contributed by atoms with Gasteiger partial charge in [0.25, 0.3) is 11.5 Å². The molecule has 1 amide bonds. The zero-order chi connectivity index (χ0) is 28.5. The zero-order valence-corrected chi connectivity index (χ0v) is 23.6. The lowest BCUT2D eigenvalue weighted by molar-refractivity contribution is -0.137. The summed E-state index contributed by atoms with van der Waals surface area (Å²) >= 11 is 6.61. The van der Waals surface area contributed by atoms with Crippen LogP contribution in [-0.4, -0.2) is 37.3 Å². The van der Waals surface area contributed by atoms with Crippen LogP contribution < -0.4 is 10.9 Å². The Labute approximate surface area is 236 Å². The molecule has 3 rings (SSSR count). The van der Waals surface area contributed by atoms with Crippen molar-refractivity contribution in [1.29, 1.82) is 5.26 Å². The molecular formula is C28H31FN4O4S2. The Morgan fingerprint density at radius 1 is 1.18 bits per heavy atom. The Hall–Kier alpha value is -3.49. The van der Waals surface area contributed by atoms with Gasteiger partial charge in [-0.2, -0.15) is 5.26 Å². The van der Waals surface area contributed by atoms with Gasteiger partial charge in [-0.05, 0) is 55.5 Å². The summed E-state index contributed by atoms with van der Waals surface area (Å²) in [6.45, 7) is 4.76. The number of nitrogens with one attached hydrogen (secondary N) is 1.